The van der Waals surface area contributed by atoms with E-state index in [1.54, 1.807) is 0 Å². The molecule has 2 heterocycles. The van der Waals surface area contributed by atoms with Gasteiger partial charge in [0.15, 0.2) is 0 Å². The zero-order valence-corrected chi connectivity index (χ0v) is 18.6. The Bertz CT molecular complexity index is 1040. The Kier molecular flexibility index (Phi) is 6.03. The molecule has 0 saturated heterocycles. The third-order valence-corrected chi connectivity index (χ3v) is 8.19. The van der Waals surface area contributed by atoms with Crippen LogP contribution in [0.3, 0.4) is 0 Å². The summed E-state index contributed by atoms with van der Waals surface area (Å²) in [4.78, 5) is 18.2. The third-order valence-electron chi connectivity index (χ3n) is 7.30. The number of thiophene rings is 1. The van der Waals surface area contributed by atoms with Crippen LogP contribution in [0.4, 0.5) is 0 Å². The predicted molar refractivity (Wildman–Crippen MR) is 126 cm³/mol. The summed E-state index contributed by atoms with van der Waals surface area (Å²) in [5.41, 5.74) is 3.50. The molecule has 0 N–H and O–H groups in total. The molecule has 0 aliphatic heterocycles. The molecule has 0 amide bonds. The molecule has 0 bridgehead atoms. The zero-order valence-electron chi connectivity index (χ0n) is 17.8. The van der Waals surface area contributed by atoms with Gasteiger partial charge in [0, 0.05) is 12.1 Å². The van der Waals surface area contributed by atoms with Crippen LogP contribution in [0.5, 0.6) is 0 Å². The summed E-state index contributed by atoms with van der Waals surface area (Å²) in [5, 5.41) is 1.99. The Balaban J connectivity index is 1.46. The number of hydrogen-bond donors (Lipinski definition) is 0. The van der Waals surface area contributed by atoms with Gasteiger partial charge in [-0.3, -0.25) is 9.36 Å². The van der Waals surface area contributed by atoms with Gasteiger partial charge in [-0.15, -0.1) is 11.3 Å². The molecule has 2 aliphatic rings. The van der Waals surface area contributed by atoms with E-state index in [1.165, 1.54) is 81.1 Å². The molecule has 0 radical (unpaired) electrons. The van der Waals surface area contributed by atoms with Crippen molar-refractivity contribution in [2.24, 2.45) is 5.92 Å². The molecule has 3 nitrogen and oxygen atoms in total. The molecule has 5 rings (SSSR count). The van der Waals surface area contributed by atoms with Gasteiger partial charge in [-0.1, -0.05) is 75.6 Å². The number of aromatic nitrogens is 2. The Labute approximate surface area is 183 Å². The highest BCUT2D eigenvalue weighted by Gasteiger charge is 2.19. The van der Waals surface area contributed by atoms with Gasteiger partial charge in [0.1, 0.15) is 10.5 Å². The van der Waals surface area contributed by atoms with Crippen LogP contribution < -0.4 is 5.56 Å². The first-order chi connectivity index (χ1) is 14.8. The van der Waals surface area contributed by atoms with Gasteiger partial charge in [-0.25, -0.2) is 4.98 Å². The van der Waals surface area contributed by atoms with E-state index in [2.05, 4.69) is 24.3 Å². The zero-order chi connectivity index (χ0) is 20.3. The normalized spacial score (nSPS) is 18.8. The minimum atomic E-state index is 0.136. The van der Waals surface area contributed by atoms with Crippen LogP contribution in [0.15, 0.2) is 40.5 Å². The fourth-order valence-corrected chi connectivity index (χ4v) is 6.28. The number of fused-ring (bicyclic) bond motifs is 1. The van der Waals surface area contributed by atoms with Crippen molar-refractivity contribution in [3.63, 3.8) is 0 Å². The second kappa shape index (κ2) is 9.05. The number of benzene rings is 1. The average molecular weight is 421 g/mol. The average Bonchev–Trinajstić information content (AvgIpc) is 3.29. The SMILES string of the molecule is O=c1c2sccc2nc(-c2ccc(C3CCCCC3)cc2)n1CCC1CCCCC1. The number of rotatable bonds is 5. The molecule has 0 unspecified atom stereocenters. The van der Waals surface area contributed by atoms with E-state index in [-0.39, 0.29) is 5.56 Å². The van der Waals surface area contributed by atoms with Crippen molar-refractivity contribution in [1.29, 1.82) is 0 Å². The van der Waals surface area contributed by atoms with Crippen LogP contribution in [0.1, 0.15) is 82.1 Å². The molecule has 1 aromatic carbocycles. The smallest absolute Gasteiger partial charge is 0.271 e. The van der Waals surface area contributed by atoms with Crippen LogP contribution >= 0.6 is 11.3 Å². The van der Waals surface area contributed by atoms with Crippen LogP contribution in [0.25, 0.3) is 21.6 Å². The second-order valence-electron chi connectivity index (χ2n) is 9.28. The Morgan fingerprint density at radius 3 is 2.33 bits per heavy atom. The lowest BCUT2D eigenvalue weighted by atomic mass is 9.84. The van der Waals surface area contributed by atoms with Crippen molar-refractivity contribution in [3.8, 4) is 11.4 Å². The largest absolute Gasteiger partial charge is 0.291 e. The first kappa shape index (κ1) is 20.0. The highest BCUT2D eigenvalue weighted by Crippen LogP contribution is 2.34. The van der Waals surface area contributed by atoms with Crippen LogP contribution in [-0.2, 0) is 6.54 Å². The summed E-state index contributed by atoms with van der Waals surface area (Å²) >= 11 is 1.52. The molecular formula is C26H32N2OS. The monoisotopic (exact) mass is 420 g/mol. The van der Waals surface area contributed by atoms with Crippen molar-refractivity contribution in [2.75, 3.05) is 0 Å². The topological polar surface area (TPSA) is 34.9 Å². The van der Waals surface area contributed by atoms with E-state index in [4.69, 9.17) is 4.98 Å². The van der Waals surface area contributed by atoms with Gasteiger partial charge >= 0.3 is 0 Å². The minimum absolute atomic E-state index is 0.136. The molecule has 4 heteroatoms. The second-order valence-corrected chi connectivity index (χ2v) is 10.2. The van der Waals surface area contributed by atoms with Gasteiger partial charge in [0.05, 0.1) is 5.52 Å². The van der Waals surface area contributed by atoms with Gasteiger partial charge in [-0.2, -0.15) is 0 Å². The van der Waals surface area contributed by atoms with Crippen molar-refractivity contribution in [3.05, 3.63) is 51.6 Å². The predicted octanol–water partition coefficient (Wildman–Crippen LogP) is 7.14. The molecule has 3 aromatic rings. The molecule has 2 saturated carbocycles. The summed E-state index contributed by atoms with van der Waals surface area (Å²) in [6.07, 6.45) is 14.5. The summed E-state index contributed by atoms with van der Waals surface area (Å²) in [5.74, 6) is 2.30. The van der Waals surface area contributed by atoms with E-state index in [0.717, 1.165) is 40.5 Å². The quantitative estimate of drug-likeness (QED) is 0.439. The van der Waals surface area contributed by atoms with Crippen LogP contribution in [0.2, 0.25) is 0 Å². The fraction of sp³-hybridized carbons (Fsp3) is 0.538. The molecule has 158 valence electrons. The van der Waals surface area contributed by atoms with Gasteiger partial charge in [0.25, 0.3) is 5.56 Å². The lowest BCUT2D eigenvalue weighted by Gasteiger charge is -2.23. The van der Waals surface area contributed by atoms with E-state index in [9.17, 15) is 4.79 Å². The highest BCUT2D eigenvalue weighted by atomic mass is 32.1. The van der Waals surface area contributed by atoms with E-state index < -0.39 is 0 Å². The molecule has 2 aromatic heterocycles. The van der Waals surface area contributed by atoms with Gasteiger partial charge < -0.3 is 0 Å². The fourth-order valence-electron chi connectivity index (χ4n) is 5.50. The van der Waals surface area contributed by atoms with Crippen molar-refractivity contribution < 1.29 is 0 Å². The number of nitrogens with zero attached hydrogens (tertiary/aromatic N) is 2. The molecule has 2 aliphatic carbocycles. The van der Waals surface area contributed by atoms with Gasteiger partial charge in [-0.05, 0) is 48.1 Å². The summed E-state index contributed by atoms with van der Waals surface area (Å²) in [6.45, 7) is 0.782. The number of hydrogen-bond acceptors (Lipinski definition) is 3. The standard InChI is InChI=1S/C26H32N2OS/c29-26-24-23(16-18-30-24)27-25(28(26)17-15-19-7-3-1-4-8-19)22-13-11-21(12-14-22)20-9-5-2-6-10-20/h11-14,16,18-20H,1-10,15,17H2. The Morgan fingerprint density at radius 1 is 0.900 bits per heavy atom. The lowest BCUT2D eigenvalue weighted by molar-refractivity contribution is 0.323. The summed E-state index contributed by atoms with van der Waals surface area (Å²) in [7, 11) is 0. The molecule has 2 fully saturated rings. The van der Waals surface area contributed by atoms with E-state index in [0.29, 0.717) is 5.92 Å². The minimum Gasteiger partial charge on any atom is -0.291 e. The highest BCUT2D eigenvalue weighted by molar-refractivity contribution is 7.17. The van der Waals surface area contributed by atoms with Crippen molar-refractivity contribution >= 4 is 21.6 Å². The molecule has 30 heavy (non-hydrogen) atoms. The van der Waals surface area contributed by atoms with Crippen molar-refractivity contribution in [1.82, 2.24) is 9.55 Å². The maximum Gasteiger partial charge on any atom is 0.271 e. The van der Waals surface area contributed by atoms with E-state index >= 15 is 0 Å². The molecule has 0 atom stereocenters. The van der Waals surface area contributed by atoms with Crippen LogP contribution in [0, 0.1) is 5.92 Å². The first-order valence-corrected chi connectivity index (χ1v) is 12.8. The molecular weight excluding hydrogens is 388 g/mol. The third kappa shape index (κ3) is 4.12. The summed E-state index contributed by atoms with van der Waals surface area (Å²) in [6, 6.07) is 10.9. The lowest BCUT2D eigenvalue weighted by Crippen LogP contribution is -2.24. The Morgan fingerprint density at radius 2 is 1.60 bits per heavy atom. The summed E-state index contributed by atoms with van der Waals surface area (Å²) < 4.78 is 2.75. The van der Waals surface area contributed by atoms with Gasteiger partial charge in [0.2, 0.25) is 0 Å². The van der Waals surface area contributed by atoms with Crippen molar-refractivity contribution in [2.45, 2.75) is 83.1 Å². The molecule has 0 spiro atoms. The van der Waals surface area contributed by atoms with E-state index in [1.807, 2.05) is 16.0 Å². The first-order valence-electron chi connectivity index (χ1n) is 11.9. The Hall–Kier alpha value is -1.94. The van der Waals surface area contributed by atoms with Crippen LogP contribution in [-0.4, -0.2) is 9.55 Å². The maximum absolute atomic E-state index is 13.3. The maximum atomic E-state index is 13.3.